The predicted octanol–water partition coefficient (Wildman–Crippen LogP) is 1.95. The topological polar surface area (TPSA) is 64.3 Å². The van der Waals surface area contributed by atoms with E-state index in [2.05, 4.69) is 4.98 Å². The maximum absolute atomic E-state index is 10.7. The van der Waals surface area contributed by atoms with E-state index in [-0.39, 0.29) is 6.54 Å². The van der Waals surface area contributed by atoms with Crippen LogP contribution in [0.2, 0.25) is 0 Å². The molecule has 0 aliphatic heterocycles. The molecular formula is C13H14N2O3. The van der Waals surface area contributed by atoms with Gasteiger partial charge >= 0.3 is 5.97 Å². The van der Waals surface area contributed by atoms with Crippen LogP contribution in [0.15, 0.2) is 30.5 Å². The van der Waals surface area contributed by atoms with E-state index in [1.54, 1.807) is 24.8 Å². The molecule has 2 aromatic rings. The highest BCUT2D eigenvalue weighted by atomic mass is 16.5. The Morgan fingerprint density at radius 2 is 2.17 bits per heavy atom. The Morgan fingerprint density at radius 1 is 1.44 bits per heavy atom. The average Bonchev–Trinajstić information content (AvgIpc) is 2.70. The lowest BCUT2D eigenvalue weighted by Gasteiger charge is -2.04. The molecule has 0 bridgehead atoms. The number of rotatable bonds is 4. The Labute approximate surface area is 105 Å². The van der Waals surface area contributed by atoms with Crippen molar-refractivity contribution in [2.45, 2.75) is 13.5 Å². The minimum absolute atomic E-state index is 0.0893. The Bertz CT molecular complexity index is 575. The van der Waals surface area contributed by atoms with Gasteiger partial charge in [-0.25, -0.2) is 4.98 Å². The Kier molecular flexibility index (Phi) is 3.32. The van der Waals surface area contributed by atoms with Gasteiger partial charge in [-0.2, -0.15) is 0 Å². The van der Waals surface area contributed by atoms with Gasteiger partial charge in [0.15, 0.2) is 0 Å². The largest absolute Gasteiger partial charge is 0.496 e. The summed E-state index contributed by atoms with van der Waals surface area (Å²) in [6, 6.07) is 7.51. The zero-order valence-electron chi connectivity index (χ0n) is 10.3. The Balaban J connectivity index is 2.42. The summed E-state index contributed by atoms with van der Waals surface area (Å²) in [5.41, 5.74) is 1.57. The van der Waals surface area contributed by atoms with Gasteiger partial charge in [0.25, 0.3) is 0 Å². The van der Waals surface area contributed by atoms with Crippen LogP contribution in [0.25, 0.3) is 11.3 Å². The molecule has 1 heterocycles. The molecule has 0 aliphatic carbocycles. The maximum Gasteiger partial charge on any atom is 0.323 e. The van der Waals surface area contributed by atoms with Crippen LogP contribution in [0, 0.1) is 6.92 Å². The fourth-order valence-electron chi connectivity index (χ4n) is 1.80. The molecule has 1 aromatic carbocycles. The van der Waals surface area contributed by atoms with Crippen LogP contribution in [0.4, 0.5) is 0 Å². The van der Waals surface area contributed by atoms with E-state index in [0.29, 0.717) is 11.5 Å². The van der Waals surface area contributed by atoms with Gasteiger partial charge in [-0.3, -0.25) is 4.79 Å². The van der Waals surface area contributed by atoms with Crippen LogP contribution >= 0.6 is 0 Å². The van der Waals surface area contributed by atoms with Gasteiger partial charge in [0.05, 0.1) is 12.8 Å². The summed E-state index contributed by atoms with van der Waals surface area (Å²) >= 11 is 0. The number of carboxylic acid groups (broad SMARTS) is 1. The molecule has 0 spiro atoms. The van der Waals surface area contributed by atoms with Crippen molar-refractivity contribution in [3.05, 3.63) is 36.3 Å². The van der Waals surface area contributed by atoms with E-state index in [1.165, 1.54) is 0 Å². The van der Waals surface area contributed by atoms with Gasteiger partial charge in [0.1, 0.15) is 18.1 Å². The van der Waals surface area contributed by atoms with Gasteiger partial charge in [0.2, 0.25) is 0 Å². The standard InChI is InChI=1S/C13H14N2O3/c1-9-14-11(7-15(9)8-13(16)17)10-5-3-4-6-12(10)18-2/h3-7H,8H2,1-2H3,(H,16,17). The third-order valence-corrected chi connectivity index (χ3v) is 2.66. The number of aromatic nitrogens is 2. The third kappa shape index (κ3) is 2.34. The second-order valence-corrected chi connectivity index (χ2v) is 3.90. The molecule has 1 N–H and O–H groups in total. The molecular weight excluding hydrogens is 232 g/mol. The number of benzene rings is 1. The molecule has 0 atom stereocenters. The van der Waals surface area contributed by atoms with Crippen LogP contribution in [0.5, 0.6) is 5.75 Å². The van der Waals surface area contributed by atoms with Crippen molar-refractivity contribution in [3.8, 4) is 17.0 Å². The number of methoxy groups -OCH3 is 1. The summed E-state index contributed by atoms with van der Waals surface area (Å²) in [4.78, 5) is 15.1. The maximum atomic E-state index is 10.7. The van der Waals surface area contributed by atoms with E-state index < -0.39 is 5.97 Å². The number of para-hydroxylation sites is 1. The number of nitrogens with zero attached hydrogens (tertiary/aromatic N) is 2. The first kappa shape index (κ1) is 12.2. The van der Waals surface area contributed by atoms with Gasteiger partial charge in [-0.05, 0) is 19.1 Å². The molecule has 0 saturated carbocycles. The lowest BCUT2D eigenvalue weighted by molar-refractivity contribution is -0.137. The molecule has 0 unspecified atom stereocenters. The average molecular weight is 246 g/mol. The van der Waals surface area contributed by atoms with Crippen LogP contribution in [0.1, 0.15) is 5.82 Å². The van der Waals surface area contributed by atoms with Crippen molar-refractivity contribution < 1.29 is 14.6 Å². The first-order valence-corrected chi connectivity index (χ1v) is 5.50. The lowest BCUT2D eigenvalue weighted by Crippen LogP contribution is -2.08. The Morgan fingerprint density at radius 3 is 2.83 bits per heavy atom. The smallest absolute Gasteiger partial charge is 0.323 e. The minimum atomic E-state index is -0.887. The van der Waals surface area contributed by atoms with Crippen molar-refractivity contribution in [2.75, 3.05) is 7.11 Å². The normalized spacial score (nSPS) is 10.3. The second kappa shape index (κ2) is 4.91. The summed E-state index contributed by atoms with van der Waals surface area (Å²) in [6.45, 7) is 1.69. The molecule has 94 valence electrons. The first-order valence-electron chi connectivity index (χ1n) is 5.50. The monoisotopic (exact) mass is 246 g/mol. The van der Waals surface area contributed by atoms with Crippen molar-refractivity contribution in [3.63, 3.8) is 0 Å². The number of hydrogen-bond donors (Lipinski definition) is 1. The minimum Gasteiger partial charge on any atom is -0.496 e. The van der Waals surface area contributed by atoms with Crippen molar-refractivity contribution in [1.29, 1.82) is 0 Å². The highest BCUT2D eigenvalue weighted by molar-refractivity contribution is 5.69. The van der Waals surface area contributed by atoms with E-state index in [0.717, 1.165) is 11.3 Å². The third-order valence-electron chi connectivity index (χ3n) is 2.66. The second-order valence-electron chi connectivity index (χ2n) is 3.90. The van der Waals surface area contributed by atoms with E-state index >= 15 is 0 Å². The first-order chi connectivity index (χ1) is 8.61. The van der Waals surface area contributed by atoms with E-state index in [1.807, 2.05) is 24.3 Å². The highest BCUT2D eigenvalue weighted by Gasteiger charge is 2.11. The zero-order chi connectivity index (χ0) is 13.1. The van der Waals surface area contributed by atoms with Crippen molar-refractivity contribution >= 4 is 5.97 Å². The van der Waals surface area contributed by atoms with Gasteiger partial charge in [-0.1, -0.05) is 12.1 Å². The number of carbonyl (C=O) groups is 1. The summed E-state index contributed by atoms with van der Waals surface area (Å²) in [5.74, 6) is 0.498. The summed E-state index contributed by atoms with van der Waals surface area (Å²) in [5, 5.41) is 8.80. The molecule has 1 aromatic heterocycles. The van der Waals surface area contributed by atoms with E-state index in [9.17, 15) is 4.79 Å². The van der Waals surface area contributed by atoms with Crippen LogP contribution in [-0.4, -0.2) is 27.7 Å². The quantitative estimate of drug-likeness (QED) is 0.895. The molecule has 5 nitrogen and oxygen atoms in total. The lowest BCUT2D eigenvalue weighted by atomic mass is 10.1. The van der Waals surface area contributed by atoms with Crippen LogP contribution in [0.3, 0.4) is 0 Å². The van der Waals surface area contributed by atoms with Gasteiger partial charge in [-0.15, -0.1) is 0 Å². The molecule has 0 fully saturated rings. The Hall–Kier alpha value is -2.30. The number of aliphatic carboxylic acids is 1. The summed E-state index contributed by atoms with van der Waals surface area (Å²) < 4.78 is 6.87. The number of aryl methyl sites for hydroxylation is 1. The van der Waals surface area contributed by atoms with Crippen LogP contribution < -0.4 is 4.74 Å². The van der Waals surface area contributed by atoms with Gasteiger partial charge in [0, 0.05) is 11.8 Å². The summed E-state index contributed by atoms with van der Waals surface area (Å²) in [7, 11) is 1.60. The molecule has 0 amide bonds. The molecule has 0 saturated heterocycles. The predicted molar refractivity (Wildman–Crippen MR) is 66.6 cm³/mol. The molecule has 5 heteroatoms. The zero-order valence-corrected chi connectivity index (χ0v) is 10.3. The van der Waals surface area contributed by atoms with Crippen LogP contribution in [-0.2, 0) is 11.3 Å². The van der Waals surface area contributed by atoms with E-state index in [4.69, 9.17) is 9.84 Å². The SMILES string of the molecule is COc1ccccc1-c1cn(CC(=O)O)c(C)n1. The number of ether oxygens (including phenoxy) is 1. The highest BCUT2D eigenvalue weighted by Crippen LogP contribution is 2.28. The fourth-order valence-corrected chi connectivity index (χ4v) is 1.80. The molecule has 2 rings (SSSR count). The van der Waals surface area contributed by atoms with Gasteiger partial charge < -0.3 is 14.4 Å². The number of carboxylic acids is 1. The van der Waals surface area contributed by atoms with Crippen molar-refractivity contribution in [1.82, 2.24) is 9.55 Å². The number of imidazole rings is 1. The molecule has 0 aliphatic rings. The van der Waals surface area contributed by atoms with Crippen molar-refractivity contribution in [2.24, 2.45) is 0 Å². The molecule has 18 heavy (non-hydrogen) atoms. The fraction of sp³-hybridized carbons (Fsp3) is 0.231. The summed E-state index contributed by atoms with van der Waals surface area (Å²) in [6.07, 6.45) is 1.72. The molecule has 0 radical (unpaired) electrons. The number of hydrogen-bond acceptors (Lipinski definition) is 3.